The molecule has 1 rings (SSSR count). The van der Waals surface area contributed by atoms with Crippen LogP contribution in [0.15, 0.2) is 0 Å². The summed E-state index contributed by atoms with van der Waals surface area (Å²) in [5.74, 6) is 1.64. The van der Waals surface area contributed by atoms with Gasteiger partial charge in [-0.3, -0.25) is 4.79 Å². The van der Waals surface area contributed by atoms with Crippen LogP contribution in [0, 0.1) is 11.8 Å². The topological polar surface area (TPSA) is 17.1 Å². The molecule has 0 heterocycles. The van der Waals surface area contributed by atoms with Crippen LogP contribution in [0.1, 0.15) is 51.9 Å². The Hall–Kier alpha value is -0.0400. The minimum atomic E-state index is 0.213. The molecule has 1 aliphatic carbocycles. The van der Waals surface area contributed by atoms with Crippen molar-refractivity contribution < 1.29 is 4.79 Å². The first kappa shape index (κ1) is 12.0. The molecule has 14 heavy (non-hydrogen) atoms. The fraction of sp³-hybridized carbons (Fsp3) is 0.917. The van der Waals surface area contributed by atoms with E-state index in [0.29, 0.717) is 0 Å². The van der Waals surface area contributed by atoms with Gasteiger partial charge in [0, 0.05) is 5.92 Å². The minimum absolute atomic E-state index is 0.213. The molecule has 0 aliphatic heterocycles. The Kier molecular flexibility index (Phi) is 5.54. The summed E-state index contributed by atoms with van der Waals surface area (Å²) < 4.78 is 0. The van der Waals surface area contributed by atoms with Gasteiger partial charge in [0.05, 0.1) is 5.88 Å². The molecule has 82 valence electrons. The molecule has 0 amide bonds. The van der Waals surface area contributed by atoms with Crippen LogP contribution in [0.25, 0.3) is 0 Å². The lowest BCUT2D eigenvalue weighted by atomic mass is 9.78. The van der Waals surface area contributed by atoms with Crippen molar-refractivity contribution in [3.05, 3.63) is 0 Å². The van der Waals surface area contributed by atoms with Gasteiger partial charge in [-0.1, -0.05) is 26.2 Å². The monoisotopic (exact) mass is 216 g/mol. The van der Waals surface area contributed by atoms with Crippen molar-refractivity contribution in [2.75, 3.05) is 5.88 Å². The van der Waals surface area contributed by atoms with Crippen LogP contribution in [-0.2, 0) is 4.79 Å². The normalized spacial score (nSPS) is 27.6. The van der Waals surface area contributed by atoms with Gasteiger partial charge in [0.1, 0.15) is 0 Å². The van der Waals surface area contributed by atoms with Gasteiger partial charge in [-0.25, -0.2) is 0 Å². The van der Waals surface area contributed by atoms with Gasteiger partial charge in [0.15, 0.2) is 5.78 Å². The third kappa shape index (κ3) is 3.61. The lowest BCUT2D eigenvalue weighted by Crippen LogP contribution is -2.22. The third-order valence-electron chi connectivity index (χ3n) is 3.40. The first-order valence-electron chi connectivity index (χ1n) is 5.86. The van der Waals surface area contributed by atoms with Gasteiger partial charge in [-0.2, -0.15) is 0 Å². The van der Waals surface area contributed by atoms with E-state index in [1.165, 1.54) is 32.1 Å². The van der Waals surface area contributed by atoms with E-state index in [2.05, 4.69) is 6.92 Å². The zero-order valence-corrected chi connectivity index (χ0v) is 9.85. The second-order valence-electron chi connectivity index (χ2n) is 4.46. The molecule has 0 N–H and O–H groups in total. The van der Waals surface area contributed by atoms with Gasteiger partial charge in [0.2, 0.25) is 0 Å². The predicted octanol–water partition coefficient (Wildman–Crippen LogP) is 3.79. The lowest BCUT2D eigenvalue weighted by molar-refractivity contribution is -0.121. The van der Waals surface area contributed by atoms with E-state index in [0.717, 1.165) is 18.8 Å². The van der Waals surface area contributed by atoms with Gasteiger partial charge in [-0.05, 0) is 31.6 Å². The number of ketones is 1. The van der Waals surface area contributed by atoms with E-state index in [-0.39, 0.29) is 17.6 Å². The fourth-order valence-electron chi connectivity index (χ4n) is 2.38. The highest BCUT2D eigenvalue weighted by molar-refractivity contribution is 6.27. The molecule has 2 heteroatoms. The summed E-state index contributed by atoms with van der Waals surface area (Å²) in [4.78, 5) is 11.4. The van der Waals surface area contributed by atoms with Gasteiger partial charge < -0.3 is 0 Å². The molecule has 0 spiro atoms. The molecule has 0 bridgehead atoms. The smallest absolute Gasteiger partial charge is 0.150 e. The van der Waals surface area contributed by atoms with Crippen LogP contribution in [0.2, 0.25) is 0 Å². The van der Waals surface area contributed by atoms with Crippen molar-refractivity contribution >= 4 is 17.4 Å². The van der Waals surface area contributed by atoms with E-state index >= 15 is 0 Å². The number of Topliss-reactive ketones (excluding diaryl/α,β-unsaturated/α-hetero) is 1. The highest BCUT2D eigenvalue weighted by atomic mass is 35.5. The van der Waals surface area contributed by atoms with Crippen molar-refractivity contribution in [1.29, 1.82) is 0 Å². The molecule has 0 atom stereocenters. The van der Waals surface area contributed by atoms with Crippen LogP contribution in [0.5, 0.6) is 0 Å². The molecular formula is C12H21ClO. The van der Waals surface area contributed by atoms with Crippen molar-refractivity contribution in [3.8, 4) is 0 Å². The van der Waals surface area contributed by atoms with Gasteiger partial charge >= 0.3 is 0 Å². The summed E-state index contributed by atoms with van der Waals surface area (Å²) in [7, 11) is 0. The van der Waals surface area contributed by atoms with Crippen LogP contribution >= 0.6 is 11.6 Å². The molecule has 0 aromatic carbocycles. The minimum Gasteiger partial charge on any atom is -0.298 e. The number of halogens is 1. The second-order valence-corrected chi connectivity index (χ2v) is 4.73. The maximum absolute atomic E-state index is 11.4. The average Bonchev–Trinajstić information content (AvgIpc) is 2.26. The van der Waals surface area contributed by atoms with E-state index in [9.17, 15) is 4.79 Å². The predicted molar refractivity (Wildman–Crippen MR) is 60.7 cm³/mol. The molecule has 0 unspecified atom stereocenters. The van der Waals surface area contributed by atoms with Crippen molar-refractivity contribution in [3.63, 3.8) is 0 Å². The Morgan fingerprint density at radius 3 is 2.43 bits per heavy atom. The van der Waals surface area contributed by atoms with E-state index < -0.39 is 0 Å². The number of rotatable bonds is 5. The van der Waals surface area contributed by atoms with E-state index in [1.807, 2.05) is 0 Å². The highest BCUT2D eigenvalue weighted by Gasteiger charge is 2.24. The summed E-state index contributed by atoms with van der Waals surface area (Å²) in [5.41, 5.74) is 0. The number of carbonyl (C=O) groups is 1. The molecule has 0 aromatic rings. The zero-order chi connectivity index (χ0) is 10.4. The molecule has 1 aliphatic rings. The SMILES string of the molecule is CCCCC1CCC(C(=O)CCl)CC1. The van der Waals surface area contributed by atoms with Crippen molar-refractivity contribution in [1.82, 2.24) is 0 Å². The molecule has 1 nitrogen and oxygen atoms in total. The summed E-state index contributed by atoms with van der Waals surface area (Å²) in [6, 6.07) is 0. The number of alkyl halides is 1. The number of unbranched alkanes of at least 4 members (excludes halogenated alkanes) is 1. The van der Waals surface area contributed by atoms with Crippen LogP contribution in [0.3, 0.4) is 0 Å². The van der Waals surface area contributed by atoms with Crippen LogP contribution < -0.4 is 0 Å². The summed E-state index contributed by atoms with van der Waals surface area (Å²) in [5, 5.41) is 0. The second kappa shape index (κ2) is 6.44. The quantitative estimate of drug-likeness (QED) is 0.639. The summed E-state index contributed by atoms with van der Waals surface area (Å²) >= 11 is 5.56. The first-order valence-corrected chi connectivity index (χ1v) is 6.40. The Bertz CT molecular complexity index is 171. The van der Waals surface area contributed by atoms with Crippen LogP contribution in [-0.4, -0.2) is 11.7 Å². The van der Waals surface area contributed by atoms with Crippen molar-refractivity contribution in [2.45, 2.75) is 51.9 Å². The third-order valence-corrected chi connectivity index (χ3v) is 3.66. The molecule has 0 aromatic heterocycles. The van der Waals surface area contributed by atoms with Crippen LogP contribution in [0.4, 0.5) is 0 Å². The van der Waals surface area contributed by atoms with E-state index in [4.69, 9.17) is 11.6 Å². The molecule has 1 fully saturated rings. The number of hydrogen-bond donors (Lipinski definition) is 0. The first-order chi connectivity index (χ1) is 6.77. The summed E-state index contributed by atoms with van der Waals surface area (Å²) in [6.07, 6.45) is 8.65. The summed E-state index contributed by atoms with van der Waals surface area (Å²) in [6.45, 7) is 2.24. The standard InChI is InChI=1S/C12H21ClO/c1-2-3-4-10-5-7-11(8-6-10)12(14)9-13/h10-11H,2-9H2,1H3. The molecule has 1 saturated carbocycles. The lowest BCUT2D eigenvalue weighted by Gasteiger charge is -2.27. The molecule has 0 radical (unpaired) electrons. The maximum atomic E-state index is 11.4. The Labute approximate surface area is 92.2 Å². The highest BCUT2D eigenvalue weighted by Crippen LogP contribution is 2.32. The largest absolute Gasteiger partial charge is 0.298 e. The van der Waals surface area contributed by atoms with Gasteiger partial charge in [0.25, 0.3) is 0 Å². The Morgan fingerprint density at radius 1 is 1.29 bits per heavy atom. The number of hydrogen-bond acceptors (Lipinski definition) is 1. The number of carbonyl (C=O) groups excluding carboxylic acids is 1. The zero-order valence-electron chi connectivity index (χ0n) is 9.10. The Morgan fingerprint density at radius 2 is 1.93 bits per heavy atom. The maximum Gasteiger partial charge on any atom is 0.150 e. The van der Waals surface area contributed by atoms with Crippen molar-refractivity contribution in [2.24, 2.45) is 11.8 Å². The molecule has 0 saturated heterocycles. The fourth-order valence-corrected chi connectivity index (χ4v) is 2.59. The van der Waals surface area contributed by atoms with E-state index in [1.54, 1.807) is 0 Å². The average molecular weight is 217 g/mol. The molecular weight excluding hydrogens is 196 g/mol. The van der Waals surface area contributed by atoms with Gasteiger partial charge in [-0.15, -0.1) is 11.6 Å². The Balaban J connectivity index is 2.20.